The van der Waals surface area contributed by atoms with E-state index in [-0.39, 0.29) is 12.4 Å². The summed E-state index contributed by atoms with van der Waals surface area (Å²) in [4.78, 5) is 12.0. The minimum atomic E-state index is -1.60. The van der Waals surface area contributed by atoms with Crippen LogP contribution in [-0.4, -0.2) is 59.8 Å². The molecule has 2 aromatic rings. The fourth-order valence-corrected chi connectivity index (χ4v) is 1.91. The lowest BCUT2D eigenvalue weighted by atomic mass is 10.1. The number of aromatic nitrogens is 4. The van der Waals surface area contributed by atoms with Crippen LogP contribution in [0.2, 0.25) is 0 Å². The first kappa shape index (κ1) is 15.6. The molecule has 9 nitrogen and oxygen atoms in total. The SMILES string of the molecule is C[C@H](O)CO[C@@H](n1cnc2c(N)ncnc21)[C@](C)(O)CO. The van der Waals surface area contributed by atoms with Crippen molar-refractivity contribution in [2.24, 2.45) is 0 Å². The summed E-state index contributed by atoms with van der Waals surface area (Å²) in [5.74, 6) is 0.205. The molecule has 0 amide bonds. The van der Waals surface area contributed by atoms with E-state index < -0.39 is 24.5 Å². The number of ether oxygens (including phenoxy) is 1. The zero-order chi connectivity index (χ0) is 15.6. The van der Waals surface area contributed by atoms with Crippen LogP contribution in [-0.2, 0) is 4.74 Å². The van der Waals surface area contributed by atoms with Gasteiger partial charge in [-0.3, -0.25) is 4.57 Å². The second-order valence-electron chi connectivity index (χ2n) is 5.13. The molecule has 9 heteroatoms. The Kier molecular flexibility index (Phi) is 4.37. The van der Waals surface area contributed by atoms with Gasteiger partial charge in [0.15, 0.2) is 17.7 Å². The fourth-order valence-electron chi connectivity index (χ4n) is 1.91. The van der Waals surface area contributed by atoms with Gasteiger partial charge in [-0.2, -0.15) is 0 Å². The van der Waals surface area contributed by atoms with Crippen molar-refractivity contribution in [3.8, 4) is 0 Å². The summed E-state index contributed by atoms with van der Waals surface area (Å²) >= 11 is 0. The summed E-state index contributed by atoms with van der Waals surface area (Å²) in [5, 5.41) is 29.0. The molecular weight excluding hydrogens is 278 g/mol. The van der Waals surface area contributed by atoms with Crippen molar-refractivity contribution in [2.45, 2.75) is 31.8 Å². The van der Waals surface area contributed by atoms with Crippen molar-refractivity contribution in [3.63, 3.8) is 0 Å². The van der Waals surface area contributed by atoms with E-state index in [1.807, 2.05) is 0 Å². The molecule has 0 bridgehead atoms. The molecule has 0 aliphatic carbocycles. The van der Waals surface area contributed by atoms with E-state index in [1.165, 1.54) is 24.1 Å². The van der Waals surface area contributed by atoms with Gasteiger partial charge in [0, 0.05) is 0 Å². The number of rotatable bonds is 6. The zero-order valence-corrected chi connectivity index (χ0v) is 11.8. The summed E-state index contributed by atoms with van der Waals surface area (Å²) in [7, 11) is 0. The van der Waals surface area contributed by atoms with Gasteiger partial charge in [-0.15, -0.1) is 0 Å². The highest BCUT2D eigenvalue weighted by atomic mass is 16.5. The maximum absolute atomic E-state index is 10.3. The molecule has 3 atom stereocenters. The van der Waals surface area contributed by atoms with Gasteiger partial charge in [0.25, 0.3) is 0 Å². The highest BCUT2D eigenvalue weighted by Crippen LogP contribution is 2.28. The highest BCUT2D eigenvalue weighted by Gasteiger charge is 2.35. The van der Waals surface area contributed by atoms with Crippen LogP contribution in [0.4, 0.5) is 5.82 Å². The van der Waals surface area contributed by atoms with Gasteiger partial charge in [-0.05, 0) is 13.8 Å². The van der Waals surface area contributed by atoms with Crippen LogP contribution < -0.4 is 5.73 Å². The lowest BCUT2D eigenvalue weighted by Gasteiger charge is -2.32. The molecule has 5 N–H and O–H groups in total. The lowest BCUT2D eigenvalue weighted by molar-refractivity contribution is -0.165. The molecule has 116 valence electrons. The van der Waals surface area contributed by atoms with E-state index >= 15 is 0 Å². The Balaban J connectivity index is 2.45. The number of imidazole rings is 1. The van der Waals surface area contributed by atoms with E-state index in [9.17, 15) is 15.3 Å². The molecule has 0 aromatic carbocycles. The normalized spacial score (nSPS) is 17.6. The molecule has 0 fully saturated rings. The molecule has 0 unspecified atom stereocenters. The summed E-state index contributed by atoms with van der Waals surface area (Å²) in [6.45, 7) is 2.39. The Morgan fingerprint density at radius 2 is 2.14 bits per heavy atom. The number of hydrogen-bond acceptors (Lipinski definition) is 8. The average molecular weight is 297 g/mol. The van der Waals surface area contributed by atoms with Crippen LogP contribution in [0.1, 0.15) is 20.1 Å². The Hall–Kier alpha value is -1.81. The minimum Gasteiger partial charge on any atom is -0.393 e. The third kappa shape index (κ3) is 3.10. The van der Waals surface area contributed by atoms with Gasteiger partial charge in [0.05, 0.1) is 25.6 Å². The van der Waals surface area contributed by atoms with Gasteiger partial charge in [-0.25, -0.2) is 15.0 Å². The molecule has 21 heavy (non-hydrogen) atoms. The lowest BCUT2D eigenvalue weighted by Crippen LogP contribution is -2.42. The van der Waals surface area contributed by atoms with E-state index in [0.29, 0.717) is 11.2 Å². The number of fused-ring (bicyclic) bond motifs is 1. The van der Waals surface area contributed by atoms with E-state index in [0.717, 1.165) is 0 Å². The number of aliphatic hydroxyl groups is 3. The molecule has 0 radical (unpaired) electrons. The van der Waals surface area contributed by atoms with Gasteiger partial charge in [0.2, 0.25) is 0 Å². The molecule has 2 heterocycles. The summed E-state index contributed by atoms with van der Waals surface area (Å²) < 4.78 is 6.96. The van der Waals surface area contributed by atoms with Crippen LogP contribution >= 0.6 is 0 Å². The van der Waals surface area contributed by atoms with Crippen molar-refractivity contribution in [2.75, 3.05) is 18.9 Å². The number of nitrogens with two attached hydrogens (primary N) is 1. The Labute approximate surface area is 121 Å². The van der Waals surface area contributed by atoms with E-state index in [1.54, 1.807) is 6.92 Å². The van der Waals surface area contributed by atoms with Crippen molar-refractivity contribution < 1.29 is 20.1 Å². The molecule has 0 aliphatic heterocycles. The Morgan fingerprint density at radius 3 is 2.76 bits per heavy atom. The first-order chi connectivity index (χ1) is 9.86. The quantitative estimate of drug-likeness (QED) is 0.535. The summed E-state index contributed by atoms with van der Waals surface area (Å²) in [5.41, 5.74) is 4.86. The largest absolute Gasteiger partial charge is 0.393 e. The van der Waals surface area contributed by atoms with Crippen molar-refractivity contribution in [1.29, 1.82) is 0 Å². The summed E-state index contributed by atoms with van der Waals surface area (Å²) in [6.07, 6.45) is 0.953. The minimum absolute atomic E-state index is 0.0267. The number of aliphatic hydroxyl groups excluding tert-OH is 2. The standard InChI is InChI=1S/C12H19N5O4/c1-7(19)3-21-11(12(2,20)4-18)17-6-16-8-9(13)14-5-15-10(8)17/h5-7,11,18-20H,3-4H2,1-2H3,(H2,13,14,15)/t7-,11+,12+/m0/s1. The van der Waals surface area contributed by atoms with Crippen LogP contribution in [0.25, 0.3) is 11.2 Å². The van der Waals surface area contributed by atoms with Gasteiger partial charge in [0.1, 0.15) is 17.4 Å². The fraction of sp³-hybridized carbons (Fsp3) is 0.583. The second kappa shape index (κ2) is 5.90. The van der Waals surface area contributed by atoms with Gasteiger partial charge >= 0.3 is 0 Å². The van der Waals surface area contributed by atoms with Crippen LogP contribution in [0.5, 0.6) is 0 Å². The monoisotopic (exact) mass is 297 g/mol. The van der Waals surface area contributed by atoms with Crippen LogP contribution in [0.3, 0.4) is 0 Å². The van der Waals surface area contributed by atoms with Crippen molar-refractivity contribution in [1.82, 2.24) is 19.5 Å². The maximum atomic E-state index is 10.3. The van der Waals surface area contributed by atoms with E-state index in [2.05, 4.69) is 15.0 Å². The number of hydrogen-bond donors (Lipinski definition) is 4. The highest BCUT2D eigenvalue weighted by molar-refractivity contribution is 5.81. The number of anilines is 1. The van der Waals surface area contributed by atoms with Crippen molar-refractivity contribution in [3.05, 3.63) is 12.7 Å². The Bertz CT molecular complexity index is 613. The van der Waals surface area contributed by atoms with E-state index in [4.69, 9.17) is 10.5 Å². The van der Waals surface area contributed by atoms with Crippen LogP contribution in [0, 0.1) is 0 Å². The van der Waals surface area contributed by atoms with Crippen molar-refractivity contribution >= 4 is 17.0 Å². The molecule has 2 aromatic heterocycles. The molecule has 0 aliphatic rings. The number of nitrogens with zero attached hydrogens (tertiary/aromatic N) is 4. The third-order valence-electron chi connectivity index (χ3n) is 2.99. The smallest absolute Gasteiger partial charge is 0.167 e. The molecule has 0 saturated carbocycles. The third-order valence-corrected chi connectivity index (χ3v) is 2.99. The predicted octanol–water partition coefficient (Wildman–Crippen LogP) is -0.952. The predicted molar refractivity (Wildman–Crippen MR) is 74.1 cm³/mol. The second-order valence-corrected chi connectivity index (χ2v) is 5.13. The van der Waals surface area contributed by atoms with Crippen LogP contribution in [0.15, 0.2) is 12.7 Å². The topological polar surface area (TPSA) is 140 Å². The van der Waals surface area contributed by atoms with Gasteiger partial charge < -0.3 is 25.8 Å². The zero-order valence-electron chi connectivity index (χ0n) is 11.8. The molecular formula is C12H19N5O4. The average Bonchev–Trinajstić information content (AvgIpc) is 2.84. The summed E-state index contributed by atoms with van der Waals surface area (Å²) in [6, 6.07) is 0. The van der Waals surface area contributed by atoms with Gasteiger partial charge in [-0.1, -0.05) is 0 Å². The first-order valence-corrected chi connectivity index (χ1v) is 6.42. The molecule has 2 rings (SSSR count). The molecule has 0 spiro atoms. The molecule has 0 saturated heterocycles. The Morgan fingerprint density at radius 1 is 1.43 bits per heavy atom. The first-order valence-electron chi connectivity index (χ1n) is 6.42. The number of nitrogen functional groups attached to an aromatic ring is 1. The maximum Gasteiger partial charge on any atom is 0.167 e.